The van der Waals surface area contributed by atoms with E-state index < -0.39 is 28.5 Å². The minimum atomic E-state index is -3.58. The molecule has 3 aromatic carbocycles. The molecule has 8 nitrogen and oxygen atoms in total. The second kappa shape index (κ2) is 11.7. The van der Waals surface area contributed by atoms with Gasteiger partial charge in [-0.2, -0.15) is 4.31 Å². The number of ether oxygens (including phenoxy) is 1. The SMILES string of the molecule is O=C(COC(=O)c1ccccc1C(=O)c1ccc(Cl)cc1)Nc1ccc(S(=O)(=O)N2CCCCC2)cc1. The fourth-order valence-electron chi connectivity index (χ4n) is 3.99. The van der Waals surface area contributed by atoms with E-state index in [-0.39, 0.29) is 21.8 Å². The summed E-state index contributed by atoms with van der Waals surface area (Å²) in [4.78, 5) is 38.1. The molecule has 37 heavy (non-hydrogen) atoms. The van der Waals surface area contributed by atoms with Gasteiger partial charge in [-0.1, -0.05) is 36.2 Å². The molecule has 1 aliphatic heterocycles. The number of ketones is 1. The van der Waals surface area contributed by atoms with Crippen LogP contribution in [0.4, 0.5) is 5.69 Å². The Morgan fingerprint density at radius 2 is 1.46 bits per heavy atom. The van der Waals surface area contributed by atoms with Gasteiger partial charge in [-0.3, -0.25) is 9.59 Å². The molecule has 10 heteroatoms. The van der Waals surface area contributed by atoms with Gasteiger partial charge in [0.25, 0.3) is 5.91 Å². The maximum Gasteiger partial charge on any atom is 0.339 e. The van der Waals surface area contributed by atoms with E-state index in [1.54, 1.807) is 36.4 Å². The number of hydrogen-bond acceptors (Lipinski definition) is 6. The molecule has 0 unspecified atom stereocenters. The zero-order valence-corrected chi connectivity index (χ0v) is 21.4. The van der Waals surface area contributed by atoms with Crippen LogP contribution in [0.3, 0.4) is 0 Å². The molecule has 1 fully saturated rings. The zero-order chi connectivity index (χ0) is 26.4. The maximum absolute atomic E-state index is 12.9. The molecule has 1 amide bonds. The van der Waals surface area contributed by atoms with Crippen LogP contribution in [0.5, 0.6) is 0 Å². The number of amides is 1. The number of nitrogens with zero attached hydrogens (tertiary/aromatic N) is 1. The van der Waals surface area contributed by atoms with Gasteiger partial charge in [0.1, 0.15) is 0 Å². The van der Waals surface area contributed by atoms with Crippen LogP contribution in [0.1, 0.15) is 45.5 Å². The zero-order valence-electron chi connectivity index (χ0n) is 19.9. The first-order valence-electron chi connectivity index (χ1n) is 11.7. The molecule has 4 rings (SSSR count). The van der Waals surface area contributed by atoms with Crippen molar-refractivity contribution in [1.82, 2.24) is 4.31 Å². The van der Waals surface area contributed by atoms with Crippen molar-refractivity contribution >= 4 is 45.0 Å². The summed E-state index contributed by atoms with van der Waals surface area (Å²) in [5, 5.41) is 3.05. The van der Waals surface area contributed by atoms with E-state index in [1.807, 2.05) is 0 Å². The van der Waals surface area contributed by atoms with Crippen LogP contribution in [-0.2, 0) is 19.6 Å². The first-order valence-corrected chi connectivity index (χ1v) is 13.5. The van der Waals surface area contributed by atoms with Gasteiger partial charge in [-0.15, -0.1) is 0 Å². The summed E-state index contributed by atoms with van der Waals surface area (Å²) in [7, 11) is -3.58. The molecule has 3 aromatic rings. The molecule has 0 aromatic heterocycles. The fraction of sp³-hybridized carbons (Fsp3) is 0.222. The molecule has 1 aliphatic rings. The smallest absolute Gasteiger partial charge is 0.339 e. The number of piperidine rings is 1. The van der Waals surface area contributed by atoms with Crippen molar-refractivity contribution in [3.05, 3.63) is 94.5 Å². The van der Waals surface area contributed by atoms with Gasteiger partial charge in [0, 0.05) is 34.9 Å². The van der Waals surface area contributed by atoms with Gasteiger partial charge >= 0.3 is 5.97 Å². The molecule has 1 saturated heterocycles. The predicted octanol–water partition coefficient (Wildman–Crippen LogP) is 4.54. The summed E-state index contributed by atoms with van der Waals surface area (Å²) in [6.45, 7) is 0.414. The normalized spacial score (nSPS) is 14.1. The van der Waals surface area contributed by atoms with Gasteiger partial charge in [0.05, 0.1) is 10.5 Å². The summed E-state index contributed by atoms with van der Waals surface area (Å²) in [6.07, 6.45) is 2.70. The van der Waals surface area contributed by atoms with Crippen LogP contribution >= 0.6 is 11.6 Å². The standard InChI is InChI=1S/C27H25ClN2O6S/c28-20-10-8-19(9-11-20)26(32)23-6-2-3-7-24(23)27(33)36-18-25(31)29-21-12-14-22(15-13-21)37(34,35)30-16-4-1-5-17-30/h2-3,6-15H,1,4-5,16-18H2,(H,29,31). The lowest BCUT2D eigenvalue weighted by atomic mass is 9.98. The number of halogens is 1. The lowest BCUT2D eigenvalue weighted by molar-refractivity contribution is -0.119. The van der Waals surface area contributed by atoms with Crippen molar-refractivity contribution in [2.24, 2.45) is 0 Å². The van der Waals surface area contributed by atoms with Gasteiger partial charge < -0.3 is 10.1 Å². The number of hydrogen-bond donors (Lipinski definition) is 1. The van der Waals surface area contributed by atoms with Crippen molar-refractivity contribution in [1.29, 1.82) is 0 Å². The van der Waals surface area contributed by atoms with E-state index in [2.05, 4.69) is 5.32 Å². The van der Waals surface area contributed by atoms with Crippen LogP contribution in [0.25, 0.3) is 0 Å². The van der Waals surface area contributed by atoms with Gasteiger partial charge in [-0.25, -0.2) is 13.2 Å². The van der Waals surface area contributed by atoms with Crippen molar-refractivity contribution in [3.63, 3.8) is 0 Å². The summed E-state index contributed by atoms with van der Waals surface area (Å²) >= 11 is 5.88. The molecular weight excluding hydrogens is 516 g/mol. The molecule has 1 heterocycles. The van der Waals surface area contributed by atoms with Crippen LogP contribution in [0.15, 0.2) is 77.7 Å². The highest BCUT2D eigenvalue weighted by Crippen LogP contribution is 2.22. The monoisotopic (exact) mass is 540 g/mol. The van der Waals surface area contributed by atoms with Gasteiger partial charge in [0.2, 0.25) is 10.0 Å². The number of anilines is 1. The number of benzene rings is 3. The van der Waals surface area contributed by atoms with Crippen molar-refractivity contribution in [2.75, 3.05) is 25.0 Å². The molecular formula is C27H25ClN2O6S. The molecule has 0 aliphatic carbocycles. The topological polar surface area (TPSA) is 110 Å². The minimum Gasteiger partial charge on any atom is -0.452 e. The van der Waals surface area contributed by atoms with Crippen molar-refractivity contribution < 1.29 is 27.5 Å². The summed E-state index contributed by atoms with van der Waals surface area (Å²) < 4.78 is 32.1. The highest BCUT2D eigenvalue weighted by atomic mass is 35.5. The van der Waals surface area contributed by atoms with E-state index in [0.717, 1.165) is 19.3 Å². The number of esters is 1. The second-order valence-electron chi connectivity index (χ2n) is 8.50. The largest absolute Gasteiger partial charge is 0.452 e. The number of nitrogens with one attached hydrogen (secondary N) is 1. The summed E-state index contributed by atoms with van der Waals surface area (Å²) in [6, 6.07) is 18.3. The highest BCUT2D eigenvalue weighted by Gasteiger charge is 2.26. The van der Waals surface area contributed by atoms with E-state index >= 15 is 0 Å². The minimum absolute atomic E-state index is 0.0301. The van der Waals surface area contributed by atoms with Crippen molar-refractivity contribution in [3.8, 4) is 0 Å². The van der Waals surface area contributed by atoms with E-state index in [1.165, 1.54) is 40.7 Å². The quantitative estimate of drug-likeness (QED) is 0.332. The number of sulfonamides is 1. The van der Waals surface area contributed by atoms with Crippen LogP contribution < -0.4 is 5.32 Å². The van der Waals surface area contributed by atoms with Crippen LogP contribution in [0, 0.1) is 0 Å². The third kappa shape index (κ3) is 6.43. The summed E-state index contributed by atoms with van der Waals surface area (Å²) in [5.74, 6) is -1.81. The Bertz CT molecular complexity index is 1400. The number of carbonyl (C=O) groups is 3. The summed E-state index contributed by atoms with van der Waals surface area (Å²) in [5.41, 5.74) is 0.883. The highest BCUT2D eigenvalue weighted by molar-refractivity contribution is 7.89. The van der Waals surface area contributed by atoms with E-state index in [0.29, 0.717) is 29.4 Å². The van der Waals surface area contributed by atoms with Crippen LogP contribution in [0.2, 0.25) is 5.02 Å². The van der Waals surface area contributed by atoms with Crippen molar-refractivity contribution in [2.45, 2.75) is 24.2 Å². The average Bonchev–Trinajstić information content (AvgIpc) is 2.92. The Morgan fingerprint density at radius 1 is 0.838 bits per heavy atom. The number of carbonyl (C=O) groups excluding carboxylic acids is 3. The Kier molecular flexibility index (Phi) is 8.38. The van der Waals surface area contributed by atoms with Gasteiger partial charge in [-0.05, 0) is 67.4 Å². The molecule has 1 N–H and O–H groups in total. The lowest BCUT2D eigenvalue weighted by Gasteiger charge is -2.25. The molecule has 0 bridgehead atoms. The molecule has 192 valence electrons. The Labute approximate surface area is 220 Å². The second-order valence-corrected chi connectivity index (χ2v) is 10.9. The Balaban J connectivity index is 1.36. The lowest BCUT2D eigenvalue weighted by Crippen LogP contribution is -2.35. The Morgan fingerprint density at radius 3 is 2.11 bits per heavy atom. The molecule has 0 saturated carbocycles. The fourth-order valence-corrected chi connectivity index (χ4v) is 5.63. The first kappa shape index (κ1) is 26.5. The molecule has 0 spiro atoms. The maximum atomic E-state index is 12.9. The number of rotatable bonds is 8. The molecule has 0 atom stereocenters. The van der Waals surface area contributed by atoms with E-state index in [9.17, 15) is 22.8 Å². The van der Waals surface area contributed by atoms with Crippen LogP contribution in [-0.4, -0.2) is 50.1 Å². The third-order valence-electron chi connectivity index (χ3n) is 5.92. The average molecular weight is 541 g/mol. The Hall–Kier alpha value is -3.53. The predicted molar refractivity (Wildman–Crippen MR) is 139 cm³/mol. The van der Waals surface area contributed by atoms with Gasteiger partial charge in [0.15, 0.2) is 12.4 Å². The molecule has 0 radical (unpaired) electrons. The third-order valence-corrected chi connectivity index (χ3v) is 8.09. The van der Waals surface area contributed by atoms with E-state index in [4.69, 9.17) is 16.3 Å². The first-order chi connectivity index (χ1) is 17.8.